The number of carbonyl (C=O) groups is 1. The molecule has 2 heterocycles. The van der Waals surface area contributed by atoms with Crippen molar-refractivity contribution in [3.63, 3.8) is 0 Å². The van der Waals surface area contributed by atoms with Crippen molar-refractivity contribution in [1.82, 2.24) is 5.32 Å². The Labute approximate surface area is 138 Å². The molecule has 1 aromatic rings. The van der Waals surface area contributed by atoms with Crippen molar-refractivity contribution in [2.24, 2.45) is 0 Å². The van der Waals surface area contributed by atoms with E-state index in [1.54, 1.807) is 12.1 Å². The molecule has 0 radical (unpaired) electrons. The molecule has 1 saturated heterocycles. The Balaban J connectivity index is 1.73. The van der Waals surface area contributed by atoms with Gasteiger partial charge in [-0.1, -0.05) is 11.6 Å². The standard InChI is InChI=1S/C16H15ClN2O4/c17-13-6-15-14(22-9-23-15)5-10(13)4-11(7-18)16(20)19-8-12-2-1-3-21-12/h4-6,12H,1-3,8-9H2,(H,19,20)/b11-4+/t12-/m1/s1. The Morgan fingerprint density at radius 1 is 1.43 bits per heavy atom. The molecule has 0 aromatic heterocycles. The third-order valence-electron chi connectivity index (χ3n) is 3.67. The average Bonchev–Trinajstić information content (AvgIpc) is 3.21. The Morgan fingerprint density at radius 3 is 2.91 bits per heavy atom. The highest BCUT2D eigenvalue weighted by Gasteiger charge is 2.19. The number of carbonyl (C=O) groups excluding carboxylic acids is 1. The van der Waals surface area contributed by atoms with E-state index >= 15 is 0 Å². The molecular weight excluding hydrogens is 320 g/mol. The summed E-state index contributed by atoms with van der Waals surface area (Å²) in [7, 11) is 0. The number of amides is 1. The zero-order chi connectivity index (χ0) is 16.2. The number of hydrogen-bond donors (Lipinski definition) is 1. The number of nitrogens with one attached hydrogen (secondary N) is 1. The molecule has 1 fully saturated rings. The van der Waals surface area contributed by atoms with E-state index in [4.69, 9.17) is 25.8 Å². The fourth-order valence-corrected chi connectivity index (χ4v) is 2.66. The van der Waals surface area contributed by atoms with E-state index in [1.165, 1.54) is 6.08 Å². The molecule has 0 aliphatic carbocycles. The van der Waals surface area contributed by atoms with E-state index < -0.39 is 5.91 Å². The summed E-state index contributed by atoms with van der Waals surface area (Å²) in [6.07, 6.45) is 3.37. The average molecular weight is 335 g/mol. The second kappa shape index (κ2) is 6.90. The van der Waals surface area contributed by atoms with Gasteiger partial charge in [0.05, 0.1) is 11.1 Å². The van der Waals surface area contributed by atoms with Gasteiger partial charge in [0.15, 0.2) is 11.5 Å². The van der Waals surface area contributed by atoms with Crippen LogP contribution in [0.5, 0.6) is 11.5 Å². The summed E-state index contributed by atoms with van der Waals surface area (Å²) in [5.41, 5.74) is 0.503. The van der Waals surface area contributed by atoms with Crippen molar-refractivity contribution in [1.29, 1.82) is 5.26 Å². The first kappa shape index (κ1) is 15.7. The number of nitriles is 1. The topological polar surface area (TPSA) is 80.6 Å². The van der Waals surface area contributed by atoms with Crippen molar-refractivity contribution in [3.05, 3.63) is 28.3 Å². The Morgan fingerprint density at radius 2 is 2.22 bits per heavy atom. The van der Waals surface area contributed by atoms with Gasteiger partial charge >= 0.3 is 0 Å². The summed E-state index contributed by atoms with van der Waals surface area (Å²) >= 11 is 6.15. The van der Waals surface area contributed by atoms with Crippen molar-refractivity contribution >= 4 is 23.6 Å². The molecule has 1 aromatic carbocycles. The van der Waals surface area contributed by atoms with Crippen LogP contribution < -0.4 is 14.8 Å². The Bertz CT molecular complexity index is 690. The van der Waals surface area contributed by atoms with Crippen molar-refractivity contribution in [2.45, 2.75) is 18.9 Å². The lowest BCUT2D eigenvalue weighted by atomic mass is 10.1. The molecule has 23 heavy (non-hydrogen) atoms. The van der Waals surface area contributed by atoms with Crippen LogP contribution in [0.15, 0.2) is 17.7 Å². The Hall–Kier alpha value is -2.23. The van der Waals surface area contributed by atoms with Crippen LogP contribution in [0.25, 0.3) is 6.08 Å². The van der Waals surface area contributed by atoms with Crippen LogP contribution in [0, 0.1) is 11.3 Å². The molecule has 1 N–H and O–H groups in total. The van der Waals surface area contributed by atoms with Gasteiger partial charge in [-0.25, -0.2) is 0 Å². The number of fused-ring (bicyclic) bond motifs is 1. The van der Waals surface area contributed by atoms with E-state index in [0.29, 0.717) is 35.2 Å². The van der Waals surface area contributed by atoms with Gasteiger partial charge in [-0.15, -0.1) is 0 Å². The molecule has 120 valence electrons. The normalized spacial score (nSPS) is 19.5. The van der Waals surface area contributed by atoms with Crippen molar-refractivity contribution in [3.8, 4) is 17.6 Å². The molecule has 2 aliphatic heterocycles. The summed E-state index contributed by atoms with van der Waals surface area (Å²) in [6, 6.07) is 5.15. The van der Waals surface area contributed by atoms with Gasteiger partial charge in [0.25, 0.3) is 5.91 Å². The number of benzene rings is 1. The van der Waals surface area contributed by atoms with E-state index in [-0.39, 0.29) is 18.5 Å². The molecule has 7 heteroatoms. The van der Waals surface area contributed by atoms with Gasteiger partial charge in [0, 0.05) is 19.2 Å². The van der Waals surface area contributed by atoms with Crippen LogP contribution in [-0.4, -0.2) is 32.0 Å². The second-order valence-electron chi connectivity index (χ2n) is 5.24. The lowest BCUT2D eigenvalue weighted by Gasteiger charge is -2.10. The first-order valence-electron chi connectivity index (χ1n) is 7.28. The lowest BCUT2D eigenvalue weighted by Crippen LogP contribution is -2.32. The molecular formula is C16H15ClN2O4. The molecule has 0 bridgehead atoms. The largest absolute Gasteiger partial charge is 0.454 e. The number of nitrogens with zero attached hydrogens (tertiary/aromatic N) is 1. The third kappa shape index (κ3) is 3.58. The molecule has 6 nitrogen and oxygen atoms in total. The summed E-state index contributed by atoms with van der Waals surface area (Å²) < 4.78 is 15.9. The van der Waals surface area contributed by atoms with Gasteiger partial charge in [-0.3, -0.25) is 4.79 Å². The highest BCUT2D eigenvalue weighted by Crippen LogP contribution is 2.37. The molecule has 0 unspecified atom stereocenters. The highest BCUT2D eigenvalue weighted by atomic mass is 35.5. The number of hydrogen-bond acceptors (Lipinski definition) is 5. The van der Waals surface area contributed by atoms with Crippen LogP contribution in [0.4, 0.5) is 0 Å². The van der Waals surface area contributed by atoms with Crippen molar-refractivity contribution < 1.29 is 19.0 Å². The predicted octanol–water partition coefficient (Wildman–Crippen LogP) is 2.27. The van der Waals surface area contributed by atoms with Gasteiger partial charge in [0.2, 0.25) is 6.79 Å². The van der Waals surface area contributed by atoms with Crippen LogP contribution in [-0.2, 0) is 9.53 Å². The molecule has 1 atom stereocenters. The fourth-order valence-electron chi connectivity index (χ4n) is 2.45. The lowest BCUT2D eigenvalue weighted by molar-refractivity contribution is -0.117. The van der Waals surface area contributed by atoms with Crippen LogP contribution in [0.3, 0.4) is 0 Å². The molecule has 3 rings (SSSR count). The van der Waals surface area contributed by atoms with Crippen LogP contribution in [0.1, 0.15) is 18.4 Å². The van der Waals surface area contributed by atoms with Crippen molar-refractivity contribution in [2.75, 3.05) is 19.9 Å². The monoisotopic (exact) mass is 334 g/mol. The number of rotatable bonds is 4. The SMILES string of the molecule is N#C/C(=C\c1cc2c(cc1Cl)OCO2)C(=O)NC[C@H]1CCCO1. The summed E-state index contributed by atoms with van der Waals surface area (Å²) in [6.45, 7) is 1.24. The summed E-state index contributed by atoms with van der Waals surface area (Å²) in [4.78, 5) is 12.1. The van der Waals surface area contributed by atoms with E-state index in [2.05, 4.69) is 5.32 Å². The maximum absolute atomic E-state index is 12.1. The molecule has 0 spiro atoms. The summed E-state index contributed by atoms with van der Waals surface area (Å²) in [5, 5.41) is 12.3. The van der Waals surface area contributed by atoms with Gasteiger partial charge in [0.1, 0.15) is 11.6 Å². The second-order valence-corrected chi connectivity index (χ2v) is 5.65. The quantitative estimate of drug-likeness (QED) is 0.675. The Kier molecular flexibility index (Phi) is 4.70. The number of ether oxygens (including phenoxy) is 3. The zero-order valence-electron chi connectivity index (χ0n) is 12.3. The first-order valence-corrected chi connectivity index (χ1v) is 7.66. The first-order chi connectivity index (χ1) is 11.2. The maximum Gasteiger partial charge on any atom is 0.262 e. The smallest absolute Gasteiger partial charge is 0.262 e. The zero-order valence-corrected chi connectivity index (χ0v) is 13.1. The minimum atomic E-state index is -0.447. The fraction of sp³-hybridized carbons (Fsp3) is 0.375. The van der Waals surface area contributed by atoms with E-state index in [1.807, 2.05) is 6.07 Å². The molecule has 0 saturated carbocycles. The van der Waals surface area contributed by atoms with Gasteiger partial charge < -0.3 is 19.5 Å². The third-order valence-corrected chi connectivity index (χ3v) is 4.00. The van der Waals surface area contributed by atoms with Crippen LogP contribution >= 0.6 is 11.6 Å². The van der Waals surface area contributed by atoms with Crippen LogP contribution in [0.2, 0.25) is 5.02 Å². The maximum atomic E-state index is 12.1. The molecule has 2 aliphatic rings. The minimum absolute atomic E-state index is 0.0213. The van der Waals surface area contributed by atoms with Gasteiger partial charge in [-0.2, -0.15) is 5.26 Å². The predicted molar refractivity (Wildman–Crippen MR) is 83.1 cm³/mol. The highest BCUT2D eigenvalue weighted by molar-refractivity contribution is 6.32. The van der Waals surface area contributed by atoms with E-state index in [0.717, 1.165) is 12.8 Å². The summed E-state index contributed by atoms with van der Waals surface area (Å²) in [5.74, 6) is 0.642. The minimum Gasteiger partial charge on any atom is -0.454 e. The van der Waals surface area contributed by atoms with E-state index in [9.17, 15) is 10.1 Å². The number of halogens is 1. The van der Waals surface area contributed by atoms with Gasteiger partial charge in [-0.05, 0) is 30.5 Å². The molecule has 1 amide bonds.